The molecule has 128 valence electrons. The number of amidine groups is 1. The van der Waals surface area contributed by atoms with Gasteiger partial charge in [0.15, 0.2) is 16.7 Å². The zero-order valence-electron chi connectivity index (χ0n) is 13.7. The SMILES string of the molecule is O=C(c1ccc2c(c1)OCCO2)N1CCCSC1=Nc1ccccc1. The summed E-state index contributed by atoms with van der Waals surface area (Å²) in [5, 5.41) is 0.748. The van der Waals surface area contributed by atoms with Crippen molar-refractivity contribution >= 4 is 28.5 Å². The van der Waals surface area contributed by atoms with Gasteiger partial charge in [0.25, 0.3) is 5.91 Å². The largest absolute Gasteiger partial charge is 0.486 e. The first-order chi connectivity index (χ1) is 12.3. The number of carbonyl (C=O) groups is 1. The zero-order chi connectivity index (χ0) is 17.1. The quantitative estimate of drug-likeness (QED) is 0.825. The molecule has 1 amide bonds. The Morgan fingerprint density at radius 3 is 2.68 bits per heavy atom. The van der Waals surface area contributed by atoms with Crippen LogP contribution in [0.5, 0.6) is 11.5 Å². The highest BCUT2D eigenvalue weighted by atomic mass is 32.2. The Morgan fingerprint density at radius 1 is 1.04 bits per heavy atom. The maximum absolute atomic E-state index is 13.0. The van der Waals surface area contributed by atoms with Gasteiger partial charge in [-0.1, -0.05) is 30.0 Å². The molecule has 1 saturated heterocycles. The molecule has 25 heavy (non-hydrogen) atoms. The Morgan fingerprint density at radius 2 is 1.84 bits per heavy atom. The minimum Gasteiger partial charge on any atom is -0.486 e. The second-order valence-corrected chi connectivity index (χ2v) is 6.81. The minimum absolute atomic E-state index is 0.0566. The van der Waals surface area contributed by atoms with Crippen LogP contribution >= 0.6 is 11.8 Å². The fourth-order valence-corrected chi connectivity index (χ4v) is 3.74. The molecular weight excluding hydrogens is 336 g/mol. The molecule has 2 aromatic rings. The standard InChI is InChI=1S/C19H18N2O3S/c22-18(14-7-8-16-17(13-14)24-11-10-23-16)21-9-4-12-25-19(21)20-15-5-2-1-3-6-15/h1-3,5-8,13H,4,9-12H2. The lowest BCUT2D eigenvalue weighted by Crippen LogP contribution is -2.39. The van der Waals surface area contributed by atoms with Crippen LogP contribution in [0.3, 0.4) is 0 Å². The third kappa shape index (κ3) is 3.49. The molecule has 1 fully saturated rings. The first-order valence-corrected chi connectivity index (χ1v) is 9.28. The number of hydrogen-bond donors (Lipinski definition) is 0. The summed E-state index contributed by atoms with van der Waals surface area (Å²) in [5.41, 5.74) is 1.44. The number of hydrogen-bond acceptors (Lipinski definition) is 5. The number of amides is 1. The fraction of sp³-hybridized carbons (Fsp3) is 0.263. The van der Waals surface area contributed by atoms with Gasteiger partial charge in [-0.3, -0.25) is 9.69 Å². The first-order valence-electron chi connectivity index (χ1n) is 8.29. The molecule has 0 N–H and O–H groups in total. The van der Waals surface area contributed by atoms with E-state index in [2.05, 4.69) is 4.99 Å². The van der Waals surface area contributed by atoms with Crippen LogP contribution < -0.4 is 9.47 Å². The van der Waals surface area contributed by atoms with Gasteiger partial charge >= 0.3 is 0 Å². The van der Waals surface area contributed by atoms with Gasteiger partial charge in [-0.15, -0.1) is 0 Å². The summed E-state index contributed by atoms with van der Waals surface area (Å²) in [7, 11) is 0. The molecule has 0 spiro atoms. The number of ether oxygens (including phenoxy) is 2. The average Bonchev–Trinajstić information content (AvgIpc) is 2.68. The molecule has 0 unspecified atom stereocenters. The van der Waals surface area contributed by atoms with Gasteiger partial charge in [0.05, 0.1) is 5.69 Å². The molecule has 0 aromatic heterocycles. The van der Waals surface area contributed by atoms with Crippen molar-refractivity contribution < 1.29 is 14.3 Å². The highest BCUT2D eigenvalue weighted by Gasteiger charge is 2.26. The smallest absolute Gasteiger partial charge is 0.259 e. The number of nitrogens with zero attached hydrogens (tertiary/aromatic N) is 2. The summed E-state index contributed by atoms with van der Waals surface area (Å²) >= 11 is 1.62. The van der Waals surface area contributed by atoms with Gasteiger partial charge < -0.3 is 9.47 Å². The second kappa shape index (κ2) is 7.19. The van der Waals surface area contributed by atoms with Gasteiger partial charge in [-0.05, 0) is 36.8 Å². The van der Waals surface area contributed by atoms with Crippen LogP contribution in [0.1, 0.15) is 16.8 Å². The van der Waals surface area contributed by atoms with E-state index in [0.717, 1.165) is 23.0 Å². The average molecular weight is 354 g/mol. The Kier molecular flexibility index (Phi) is 4.61. The van der Waals surface area contributed by atoms with Gasteiger partial charge in [0.2, 0.25) is 0 Å². The highest BCUT2D eigenvalue weighted by Crippen LogP contribution is 2.32. The number of carbonyl (C=O) groups excluding carboxylic acids is 1. The summed E-state index contributed by atoms with van der Waals surface area (Å²) in [5.74, 6) is 2.23. The van der Waals surface area contributed by atoms with Crippen LogP contribution in [-0.2, 0) is 0 Å². The molecule has 5 nitrogen and oxygen atoms in total. The van der Waals surface area contributed by atoms with Crippen LogP contribution in [-0.4, -0.2) is 41.5 Å². The minimum atomic E-state index is -0.0566. The zero-order valence-corrected chi connectivity index (χ0v) is 14.5. The number of thioether (sulfide) groups is 1. The van der Waals surface area contributed by atoms with E-state index >= 15 is 0 Å². The predicted molar refractivity (Wildman–Crippen MR) is 99.1 cm³/mol. The van der Waals surface area contributed by atoms with Gasteiger partial charge in [0.1, 0.15) is 13.2 Å². The fourth-order valence-electron chi connectivity index (χ4n) is 2.79. The van der Waals surface area contributed by atoms with E-state index in [-0.39, 0.29) is 5.91 Å². The maximum Gasteiger partial charge on any atom is 0.259 e. The molecule has 0 radical (unpaired) electrons. The van der Waals surface area contributed by atoms with Crippen molar-refractivity contribution in [3.63, 3.8) is 0 Å². The maximum atomic E-state index is 13.0. The van der Waals surface area contributed by atoms with Crippen molar-refractivity contribution in [2.45, 2.75) is 6.42 Å². The topological polar surface area (TPSA) is 51.1 Å². The molecule has 6 heteroatoms. The van der Waals surface area contributed by atoms with Crippen molar-refractivity contribution in [2.75, 3.05) is 25.5 Å². The Labute approximate surface area is 150 Å². The number of rotatable bonds is 2. The molecule has 2 aliphatic heterocycles. The molecule has 0 bridgehead atoms. The van der Waals surface area contributed by atoms with Crippen molar-refractivity contribution in [3.8, 4) is 11.5 Å². The molecule has 2 aliphatic rings. The van der Waals surface area contributed by atoms with Gasteiger partial charge in [-0.2, -0.15) is 0 Å². The first kappa shape index (κ1) is 16.0. The van der Waals surface area contributed by atoms with Gasteiger partial charge in [-0.25, -0.2) is 4.99 Å². The third-order valence-electron chi connectivity index (χ3n) is 4.00. The van der Waals surface area contributed by atoms with E-state index < -0.39 is 0 Å². The van der Waals surface area contributed by atoms with E-state index in [1.165, 1.54) is 0 Å². The van der Waals surface area contributed by atoms with E-state index in [4.69, 9.17) is 9.47 Å². The van der Waals surface area contributed by atoms with E-state index in [0.29, 0.717) is 36.8 Å². The monoisotopic (exact) mass is 354 g/mol. The Hall–Kier alpha value is -2.47. The molecule has 2 heterocycles. The third-order valence-corrected chi connectivity index (χ3v) is 5.07. The Balaban J connectivity index is 1.62. The summed E-state index contributed by atoms with van der Waals surface area (Å²) in [4.78, 5) is 19.4. The molecule has 0 saturated carbocycles. The Bertz CT molecular complexity index is 808. The van der Waals surface area contributed by atoms with Crippen molar-refractivity contribution in [3.05, 3.63) is 54.1 Å². The van der Waals surface area contributed by atoms with Crippen LogP contribution in [0.2, 0.25) is 0 Å². The van der Waals surface area contributed by atoms with E-state index in [1.807, 2.05) is 30.3 Å². The molecule has 0 atom stereocenters. The van der Waals surface area contributed by atoms with E-state index in [9.17, 15) is 4.79 Å². The summed E-state index contributed by atoms with van der Waals surface area (Å²) < 4.78 is 11.1. The number of para-hydroxylation sites is 1. The van der Waals surface area contributed by atoms with Crippen LogP contribution in [0, 0.1) is 0 Å². The summed E-state index contributed by atoms with van der Waals surface area (Å²) in [6, 6.07) is 15.1. The number of aliphatic imine (C=N–C) groups is 1. The molecule has 0 aliphatic carbocycles. The summed E-state index contributed by atoms with van der Waals surface area (Å²) in [6.07, 6.45) is 0.953. The van der Waals surface area contributed by atoms with Crippen molar-refractivity contribution in [1.29, 1.82) is 0 Å². The lowest BCUT2D eigenvalue weighted by atomic mass is 10.1. The van der Waals surface area contributed by atoms with Crippen molar-refractivity contribution in [2.24, 2.45) is 4.99 Å². The van der Waals surface area contributed by atoms with Crippen molar-refractivity contribution in [1.82, 2.24) is 4.90 Å². The highest BCUT2D eigenvalue weighted by molar-refractivity contribution is 8.13. The summed E-state index contributed by atoms with van der Waals surface area (Å²) in [6.45, 7) is 1.72. The predicted octanol–water partition coefficient (Wildman–Crippen LogP) is 3.72. The number of fused-ring (bicyclic) bond motifs is 1. The number of benzene rings is 2. The lowest BCUT2D eigenvalue weighted by molar-refractivity contribution is 0.0848. The van der Waals surface area contributed by atoms with Crippen LogP contribution in [0.4, 0.5) is 5.69 Å². The lowest BCUT2D eigenvalue weighted by Gasteiger charge is -2.28. The molecular formula is C19H18N2O3S. The van der Waals surface area contributed by atoms with E-state index in [1.54, 1.807) is 34.9 Å². The van der Waals surface area contributed by atoms with Gasteiger partial charge in [0, 0.05) is 17.9 Å². The van der Waals surface area contributed by atoms with Crippen LogP contribution in [0.15, 0.2) is 53.5 Å². The normalized spacial score (nSPS) is 18.2. The molecule has 4 rings (SSSR count). The van der Waals surface area contributed by atoms with Crippen LogP contribution in [0.25, 0.3) is 0 Å². The second-order valence-electron chi connectivity index (χ2n) is 5.75. The molecule has 2 aromatic carbocycles.